The van der Waals surface area contributed by atoms with Crippen LogP contribution >= 0.6 is 11.6 Å². The second-order valence-electron chi connectivity index (χ2n) is 4.25. The largest absolute Gasteiger partial charge is 0.461 e. The summed E-state index contributed by atoms with van der Waals surface area (Å²) < 4.78 is 10.4. The Morgan fingerprint density at radius 1 is 1.26 bits per heavy atom. The number of carbonyl (C=O) groups excluding carboxylic acids is 1. The fourth-order valence-corrected chi connectivity index (χ4v) is 1.76. The Kier molecular flexibility index (Phi) is 4.22. The van der Waals surface area contributed by atoms with Gasteiger partial charge in [-0.05, 0) is 26.0 Å². The number of aromatic nitrogens is 1. The summed E-state index contributed by atoms with van der Waals surface area (Å²) in [6.45, 7) is 3.50. The van der Waals surface area contributed by atoms with Crippen LogP contribution in [0.3, 0.4) is 0 Å². The Labute approximate surface area is 116 Å². The van der Waals surface area contributed by atoms with E-state index in [2.05, 4.69) is 4.98 Å². The maximum Gasteiger partial charge on any atom is 0.363 e. The van der Waals surface area contributed by atoms with E-state index < -0.39 is 11.5 Å². The van der Waals surface area contributed by atoms with Crippen LogP contribution in [0.2, 0.25) is 0 Å². The Hall–Kier alpha value is -1.81. The van der Waals surface area contributed by atoms with Gasteiger partial charge in [0.25, 0.3) is 5.56 Å². The summed E-state index contributed by atoms with van der Waals surface area (Å²) in [4.78, 5) is 15.8. The molecular formula is C14H14ClNO3. The number of hydrogen-bond acceptors (Lipinski definition) is 4. The molecule has 0 N–H and O–H groups in total. The number of halogens is 1. The minimum absolute atomic E-state index is 0.233. The second-order valence-corrected chi connectivity index (χ2v) is 4.65. The van der Waals surface area contributed by atoms with Crippen LogP contribution in [0.15, 0.2) is 36.5 Å². The van der Waals surface area contributed by atoms with Crippen molar-refractivity contribution in [3.8, 4) is 5.75 Å². The van der Waals surface area contributed by atoms with Gasteiger partial charge in [-0.3, -0.25) is 4.98 Å². The van der Waals surface area contributed by atoms with Gasteiger partial charge in [0, 0.05) is 11.6 Å². The van der Waals surface area contributed by atoms with Gasteiger partial charge in [0.15, 0.2) is 0 Å². The molecule has 1 aromatic carbocycles. The molecule has 1 unspecified atom stereocenters. The maximum absolute atomic E-state index is 11.6. The third kappa shape index (κ3) is 3.35. The monoisotopic (exact) mass is 279 g/mol. The van der Waals surface area contributed by atoms with Gasteiger partial charge in [-0.2, -0.15) is 0 Å². The SMILES string of the molecule is CC(C)OC(=O)C(Cl)Oc1cccc2cccnc12. The van der Waals surface area contributed by atoms with Crippen molar-refractivity contribution < 1.29 is 14.3 Å². The Morgan fingerprint density at radius 3 is 2.74 bits per heavy atom. The highest BCUT2D eigenvalue weighted by atomic mass is 35.5. The number of pyridine rings is 1. The van der Waals surface area contributed by atoms with E-state index in [0.717, 1.165) is 5.39 Å². The summed E-state index contributed by atoms with van der Waals surface area (Å²) in [5, 5.41) is 0.918. The average Bonchev–Trinajstić information content (AvgIpc) is 2.38. The first-order valence-electron chi connectivity index (χ1n) is 5.93. The number of para-hydroxylation sites is 1. The molecule has 2 aromatic rings. The second kappa shape index (κ2) is 5.89. The van der Waals surface area contributed by atoms with E-state index in [1.807, 2.05) is 24.3 Å². The first kappa shape index (κ1) is 13.6. The molecule has 0 aliphatic rings. The Morgan fingerprint density at radius 2 is 2.00 bits per heavy atom. The first-order valence-corrected chi connectivity index (χ1v) is 6.36. The molecule has 5 heteroatoms. The number of fused-ring (bicyclic) bond motifs is 1. The minimum atomic E-state index is -1.19. The number of esters is 1. The molecule has 2 rings (SSSR count). The highest BCUT2D eigenvalue weighted by Crippen LogP contribution is 2.24. The third-order valence-corrected chi connectivity index (χ3v) is 2.63. The molecule has 0 spiro atoms. The molecule has 1 aromatic heterocycles. The van der Waals surface area contributed by atoms with Crippen LogP contribution in [0.5, 0.6) is 5.75 Å². The van der Waals surface area contributed by atoms with Crippen LogP contribution in [-0.4, -0.2) is 22.6 Å². The van der Waals surface area contributed by atoms with Crippen LogP contribution in [0, 0.1) is 0 Å². The van der Waals surface area contributed by atoms with Crippen molar-refractivity contribution in [2.24, 2.45) is 0 Å². The molecule has 100 valence electrons. The van der Waals surface area contributed by atoms with Crippen molar-refractivity contribution in [2.75, 3.05) is 0 Å². The summed E-state index contributed by atoms with van der Waals surface area (Å²) in [5.41, 5.74) is -0.525. The van der Waals surface area contributed by atoms with E-state index in [-0.39, 0.29) is 6.10 Å². The lowest BCUT2D eigenvalue weighted by molar-refractivity contribution is -0.151. The number of rotatable bonds is 4. The van der Waals surface area contributed by atoms with Gasteiger partial charge in [0.1, 0.15) is 11.3 Å². The first-order chi connectivity index (χ1) is 9.08. The zero-order valence-corrected chi connectivity index (χ0v) is 11.4. The van der Waals surface area contributed by atoms with E-state index in [9.17, 15) is 4.79 Å². The van der Waals surface area contributed by atoms with Crippen molar-refractivity contribution in [3.05, 3.63) is 36.5 Å². The standard InChI is InChI=1S/C14H14ClNO3/c1-9(2)18-14(17)13(15)19-11-7-3-5-10-6-4-8-16-12(10)11/h3-9,13H,1-2H3. The molecule has 0 amide bonds. The summed E-state index contributed by atoms with van der Waals surface area (Å²) >= 11 is 5.89. The molecule has 0 bridgehead atoms. The molecule has 1 atom stereocenters. The number of hydrogen-bond donors (Lipinski definition) is 0. The lowest BCUT2D eigenvalue weighted by Gasteiger charge is -2.14. The predicted molar refractivity (Wildman–Crippen MR) is 73.2 cm³/mol. The van der Waals surface area contributed by atoms with Crippen molar-refractivity contribution >= 4 is 28.5 Å². The lowest BCUT2D eigenvalue weighted by Crippen LogP contribution is -2.26. The number of ether oxygens (including phenoxy) is 2. The van der Waals surface area contributed by atoms with Gasteiger partial charge in [0.2, 0.25) is 0 Å². The fourth-order valence-electron chi connectivity index (χ4n) is 1.62. The highest BCUT2D eigenvalue weighted by Gasteiger charge is 2.21. The third-order valence-electron chi connectivity index (χ3n) is 2.36. The van der Waals surface area contributed by atoms with Crippen molar-refractivity contribution in [1.82, 2.24) is 4.98 Å². The van der Waals surface area contributed by atoms with E-state index in [4.69, 9.17) is 21.1 Å². The van der Waals surface area contributed by atoms with Crippen LogP contribution in [0.25, 0.3) is 10.9 Å². The van der Waals surface area contributed by atoms with Crippen LogP contribution in [-0.2, 0) is 9.53 Å². The molecule has 4 nitrogen and oxygen atoms in total. The summed E-state index contributed by atoms with van der Waals surface area (Å²) in [7, 11) is 0. The van der Waals surface area contributed by atoms with E-state index >= 15 is 0 Å². The van der Waals surface area contributed by atoms with Crippen molar-refractivity contribution in [3.63, 3.8) is 0 Å². The van der Waals surface area contributed by atoms with Crippen molar-refractivity contribution in [2.45, 2.75) is 25.5 Å². The Balaban J connectivity index is 2.19. The number of alkyl halides is 1. The van der Waals surface area contributed by atoms with Gasteiger partial charge in [-0.25, -0.2) is 4.79 Å². The minimum Gasteiger partial charge on any atom is -0.461 e. The van der Waals surface area contributed by atoms with Crippen molar-refractivity contribution in [1.29, 1.82) is 0 Å². The van der Waals surface area contributed by atoms with Crippen LogP contribution < -0.4 is 4.74 Å². The molecule has 1 heterocycles. The molecule has 0 saturated carbocycles. The van der Waals surface area contributed by atoms with E-state index in [1.54, 1.807) is 26.1 Å². The molecule has 0 saturated heterocycles. The molecular weight excluding hydrogens is 266 g/mol. The summed E-state index contributed by atoms with van der Waals surface area (Å²) in [5.74, 6) is -0.150. The predicted octanol–water partition coefficient (Wildman–Crippen LogP) is 3.13. The highest BCUT2D eigenvalue weighted by molar-refractivity contribution is 6.29. The normalized spacial score (nSPS) is 12.4. The molecule has 0 aliphatic heterocycles. The zero-order chi connectivity index (χ0) is 13.8. The van der Waals surface area contributed by atoms with Gasteiger partial charge < -0.3 is 9.47 Å². The molecule has 0 radical (unpaired) electrons. The van der Waals surface area contributed by atoms with Gasteiger partial charge in [0.05, 0.1) is 6.10 Å². The summed E-state index contributed by atoms with van der Waals surface area (Å²) in [6.07, 6.45) is 1.42. The molecule has 19 heavy (non-hydrogen) atoms. The van der Waals surface area contributed by atoms with Crippen LogP contribution in [0.1, 0.15) is 13.8 Å². The maximum atomic E-state index is 11.6. The summed E-state index contributed by atoms with van der Waals surface area (Å²) in [6, 6.07) is 9.18. The Bertz CT molecular complexity index is 580. The number of benzene rings is 1. The molecule has 0 aliphatic carbocycles. The average molecular weight is 280 g/mol. The van der Waals surface area contributed by atoms with Gasteiger partial charge in [-0.15, -0.1) is 0 Å². The zero-order valence-electron chi connectivity index (χ0n) is 10.7. The quantitative estimate of drug-likeness (QED) is 0.637. The van der Waals surface area contributed by atoms with Crippen LogP contribution in [0.4, 0.5) is 0 Å². The number of carbonyl (C=O) groups is 1. The van der Waals surface area contributed by atoms with Gasteiger partial charge in [-0.1, -0.05) is 29.8 Å². The van der Waals surface area contributed by atoms with Gasteiger partial charge >= 0.3 is 5.97 Å². The lowest BCUT2D eigenvalue weighted by atomic mass is 10.2. The molecule has 0 fully saturated rings. The fraction of sp³-hybridized carbons (Fsp3) is 0.286. The van der Waals surface area contributed by atoms with E-state index in [1.165, 1.54) is 0 Å². The smallest absolute Gasteiger partial charge is 0.363 e. The number of nitrogens with zero attached hydrogens (tertiary/aromatic N) is 1. The van der Waals surface area contributed by atoms with E-state index in [0.29, 0.717) is 11.3 Å². The topological polar surface area (TPSA) is 48.4 Å².